The Morgan fingerprint density at radius 3 is 2.48 bits per heavy atom. The average molecular weight is 387 g/mol. The minimum Gasteiger partial charge on any atom is -0.345 e. The van der Waals surface area contributed by atoms with Crippen LogP contribution in [-0.2, 0) is 0 Å². The third-order valence-corrected chi connectivity index (χ3v) is 4.73. The molecule has 0 heterocycles. The van der Waals surface area contributed by atoms with Crippen molar-refractivity contribution in [1.82, 2.24) is 5.32 Å². The predicted octanol–water partition coefficient (Wildman–Crippen LogP) is 5.64. The van der Waals surface area contributed by atoms with Crippen LogP contribution in [0, 0.1) is 0 Å². The Bertz CT molecular complexity index is 643. The summed E-state index contributed by atoms with van der Waals surface area (Å²) in [6, 6.07) is 12.7. The quantitative estimate of drug-likeness (QED) is 0.723. The van der Waals surface area contributed by atoms with Crippen LogP contribution in [0.5, 0.6) is 0 Å². The molecule has 0 saturated carbocycles. The van der Waals surface area contributed by atoms with Crippen molar-refractivity contribution in [2.24, 2.45) is 0 Å². The highest BCUT2D eigenvalue weighted by Gasteiger charge is 2.17. The smallest absolute Gasteiger partial charge is 0.253 e. The van der Waals surface area contributed by atoms with Crippen LogP contribution in [0.1, 0.15) is 35.3 Å². The Hall–Kier alpha value is -1.03. The minimum atomic E-state index is -0.192. The van der Waals surface area contributed by atoms with Crippen molar-refractivity contribution in [2.75, 3.05) is 0 Å². The van der Waals surface area contributed by atoms with E-state index in [1.54, 1.807) is 18.2 Å². The molecule has 0 aliphatic rings. The van der Waals surface area contributed by atoms with Crippen molar-refractivity contribution in [3.05, 3.63) is 68.1 Å². The lowest BCUT2D eigenvalue weighted by molar-refractivity contribution is 0.0935. The second-order valence-corrected chi connectivity index (χ2v) is 6.26. The predicted molar refractivity (Wildman–Crippen MR) is 91.1 cm³/mol. The average Bonchev–Trinajstić information content (AvgIpc) is 2.48. The topological polar surface area (TPSA) is 29.1 Å². The fourth-order valence-corrected chi connectivity index (χ4v) is 2.74. The Morgan fingerprint density at radius 1 is 1.19 bits per heavy atom. The maximum atomic E-state index is 12.4. The Kier molecular flexibility index (Phi) is 5.68. The number of nitrogens with one attached hydrogen (secondary N) is 1. The normalized spacial score (nSPS) is 12.0. The Balaban J connectivity index is 2.20. The molecule has 21 heavy (non-hydrogen) atoms. The molecule has 0 radical (unpaired) electrons. The van der Waals surface area contributed by atoms with Gasteiger partial charge in [0, 0.05) is 9.50 Å². The van der Waals surface area contributed by atoms with E-state index in [0.717, 1.165) is 12.0 Å². The van der Waals surface area contributed by atoms with E-state index in [2.05, 4.69) is 21.2 Å². The summed E-state index contributed by atoms with van der Waals surface area (Å²) in [6.07, 6.45) is 0.777. The SMILES string of the molecule is CCC(NC(=O)c1cccc(Br)c1Cl)c1ccc(Cl)cc1. The molecule has 0 fully saturated rings. The van der Waals surface area contributed by atoms with Crippen LogP contribution in [-0.4, -0.2) is 5.91 Å². The van der Waals surface area contributed by atoms with Crippen LogP contribution in [0.15, 0.2) is 46.9 Å². The van der Waals surface area contributed by atoms with Gasteiger partial charge in [0.1, 0.15) is 0 Å². The molecule has 1 unspecified atom stereocenters. The van der Waals surface area contributed by atoms with E-state index in [4.69, 9.17) is 23.2 Å². The molecule has 0 bridgehead atoms. The van der Waals surface area contributed by atoms with Crippen molar-refractivity contribution in [2.45, 2.75) is 19.4 Å². The molecule has 2 nitrogen and oxygen atoms in total. The molecule has 2 aromatic carbocycles. The summed E-state index contributed by atoms with van der Waals surface area (Å²) in [6.45, 7) is 2.02. The van der Waals surface area contributed by atoms with Gasteiger partial charge in [-0.25, -0.2) is 0 Å². The number of halogens is 3. The lowest BCUT2D eigenvalue weighted by Gasteiger charge is -2.18. The van der Waals surface area contributed by atoms with Gasteiger partial charge >= 0.3 is 0 Å². The molecule has 110 valence electrons. The number of hydrogen-bond acceptors (Lipinski definition) is 1. The van der Waals surface area contributed by atoms with E-state index in [0.29, 0.717) is 20.1 Å². The van der Waals surface area contributed by atoms with E-state index in [-0.39, 0.29) is 11.9 Å². The standard InChI is InChI=1S/C16H14BrCl2NO/c1-2-14(10-6-8-11(18)9-7-10)20-16(21)12-4-3-5-13(17)15(12)19/h3-9,14H,2H2,1H3,(H,20,21). The van der Waals surface area contributed by atoms with Crippen molar-refractivity contribution >= 4 is 45.0 Å². The van der Waals surface area contributed by atoms with Crippen LogP contribution >= 0.6 is 39.1 Å². The highest BCUT2D eigenvalue weighted by Crippen LogP contribution is 2.27. The molecular formula is C16H14BrCl2NO. The summed E-state index contributed by atoms with van der Waals surface area (Å²) in [4.78, 5) is 12.4. The van der Waals surface area contributed by atoms with Crippen LogP contribution in [0.25, 0.3) is 0 Å². The number of carbonyl (C=O) groups is 1. The van der Waals surface area contributed by atoms with Crippen molar-refractivity contribution < 1.29 is 4.79 Å². The number of benzene rings is 2. The molecule has 0 aromatic heterocycles. The molecule has 0 aliphatic carbocycles. The van der Waals surface area contributed by atoms with Gasteiger partial charge in [-0.1, -0.05) is 48.3 Å². The lowest BCUT2D eigenvalue weighted by Crippen LogP contribution is -2.28. The van der Waals surface area contributed by atoms with E-state index >= 15 is 0 Å². The molecule has 0 saturated heterocycles. The number of rotatable bonds is 4. The monoisotopic (exact) mass is 385 g/mol. The largest absolute Gasteiger partial charge is 0.345 e. The van der Waals surface area contributed by atoms with Gasteiger partial charge in [0.25, 0.3) is 5.91 Å². The van der Waals surface area contributed by atoms with Gasteiger partial charge in [-0.15, -0.1) is 0 Å². The summed E-state index contributed by atoms with van der Waals surface area (Å²) < 4.78 is 0.705. The zero-order valence-corrected chi connectivity index (χ0v) is 14.5. The molecule has 2 aromatic rings. The van der Waals surface area contributed by atoms with Crippen LogP contribution in [0.4, 0.5) is 0 Å². The van der Waals surface area contributed by atoms with E-state index in [1.165, 1.54) is 0 Å². The highest BCUT2D eigenvalue weighted by atomic mass is 79.9. The van der Waals surface area contributed by atoms with Crippen molar-refractivity contribution in [3.63, 3.8) is 0 Å². The zero-order chi connectivity index (χ0) is 15.4. The first kappa shape index (κ1) is 16.3. The molecular weight excluding hydrogens is 373 g/mol. The van der Waals surface area contributed by atoms with Gasteiger partial charge in [-0.2, -0.15) is 0 Å². The van der Waals surface area contributed by atoms with E-state index in [9.17, 15) is 4.79 Å². The molecule has 1 atom stereocenters. The molecule has 0 spiro atoms. The number of carbonyl (C=O) groups excluding carboxylic acids is 1. The van der Waals surface area contributed by atoms with Gasteiger partial charge in [-0.05, 0) is 52.2 Å². The molecule has 2 rings (SSSR count). The lowest BCUT2D eigenvalue weighted by atomic mass is 10.0. The first-order valence-corrected chi connectivity index (χ1v) is 8.08. The van der Waals surface area contributed by atoms with Crippen LogP contribution < -0.4 is 5.32 Å². The number of hydrogen-bond donors (Lipinski definition) is 1. The summed E-state index contributed by atoms with van der Waals surface area (Å²) in [5, 5.41) is 4.09. The molecule has 0 aliphatic heterocycles. The van der Waals surface area contributed by atoms with Crippen molar-refractivity contribution in [1.29, 1.82) is 0 Å². The zero-order valence-electron chi connectivity index (χ0n) is 11.4. The maximum absolute atomic E-state index is 12.4. The van der Waals surface area contributed by atoms with Gasteiger partial charge in [0.2, 0.25) is 0 Å². The van der Waals surface area contributed by atoms with Crippen LogP contribution in [0.2, 0.25) is 10.0 Å². The summed E-state index contributed by atoms with van der Waals surface area (Å²) in [5.74, 6) is -0.192. The van der Waals surface area contributed by atoms with Gasteiger partial charge in [0.15, 0.2) is 0 Å². The molecule has 1 amide bonds. The second-order valence-electron chi connectivity index (χ2n) is 4.59. The summed E-state index contributed by atoms with van der Waals surface area (Å²) in [7, 11) is 0. The minimum absolute atomic E-state index is 0.0789. The summed E-state index contributed by atoms with van der Waals surface area (Å²) >= 11 is 15.4. The first-order valence-electron chi connectivity index (χ1n) is 6.53. The third kappa shape index (κ3) is 4.00. The Morgan fingerprint density at radius 2 is 1.86 bits per heavy atom. The maximum Gasteiger partial charge on any atom is 0.253 e. The number of amides is 1. The highest BCUT2D eigenvalue weighted by molar-refractivity contribution is 9.10. The van der Waals surface area contributed by atoms with E-state index in [1.807, 2.05) is 31.2 Å². The van der Waals surface area contributed by atoms with Gasteiger partial charge in [-0.3, -0.25) is 4.79 Å². The Labute approximate surface area is 142 Å². The fourth-order valence-electron chi connectivity index (χ4n) is 2.03. The van der Waals surface area contributed by atoms with Crippen molar-refractivity contribution in [3.8, 4) is 0 Å². The van der Waals surface area contributed by atoms with Crippen LogP contribution in [0.3, 0.4) is 0 Å². The van der Waals surface area contributed by atoms with E-state index < -0.39 is 0 Å². The fraction of sp³-hybridized carbons (Fsp3) is 0.188. The van der Waals surface area contributed by atoms with Gasteiger partial charge < -0.3 is 5.32 Å². The van der Waals surface area contributed by atoms with Gasteiger partial charge in [0.05, 0.1) is 16.6 Å². The molecule has 1 N–H and O–H groups in total. The first-order chi connectivity index (χ1) is 10.0. The third-order valence-electron chi connectivity index (χ3n) is 3.18. The summed E-state index contributed by atoms with van der Waals surface area (Å²) in [5.41, 5.74) is 1.47. The molecule has 5 heteroatoms. The second kappa shape index (κ2) is 7.30.